The average Bonchev–Trinajstić information content (AvgIpc) is 2.62. The Kier molecular flexibility index (Phi) is 7.30. The number of rotatable bonds is 8. The van der Waals surface area contributed by atoms with Crippen molar-refractivity contribution in [3.05, 3.63) is 23.8 Å². The highest BCUT2D eigenvalue weighted by atomic mass is 16.5. The summed E-state index contributed by atoms with van der Waals surface area (Å²) in [5, 5.41) is 8.79. The molecule has 0 aliphatic carbocycles. The van der Waals surface area contributed by atoms with E-state index in [1.807, 2.05) is 11.8 Å². The normalized spacial score (nSPS) is 19.9. The van der Waals surface area contributed by atoms with Crippen LogP contribution in [0.25, 0.3) is 0 Å². The summed E-state index contributed by atoms with van der Waals surface area (Å²) in [7, 11) is 0. The van der Waals surface area contributed by atoms with Crippen LogP contribution in [0.15, 0.2) is 18.2 Å². The standard InChI is InChI=1S/C20H29NO5/c1-4-7-16-14(3)8-6-11-21(16)20(24)15-9-10-17(26-13-19(22)23)18(12-15)25-5-2/h9-10,12,14,16H,4-8,11,13H2,1-3H3,(H,22,23). The van der Waals surface area contributed by atoms with Gasteiger partial charge in [0.15, 0.2) is 18.1 Å². The molecule has 1 saturated heterocycles. The van der Waals surface area contributed by atoms with Crippen LogP contribution in [0.1, 0.15) is 56.8 Å². The summed E-state index contributed by atoms with van der Waals surface area (Å²) in [6.07, 6.45) is 4.22. The molecule has 0 bridgehead atoms. The molecule has 144 valence electrons. The SMILES string of the molecule is CCCC1C(C)CCCN1C(=O)c1ccc(OCC(=O)O)c(OCC)c1. The molecule has 1 heterocycles. The fraction of sp³-hybridized carbons (Fsp3) is 0.600. The lowest BCUT2D eigenvalue weighted by atomic mass is 9.87. The smallest absolute Gasteiger partial charge is 0.341 e. The molecule has 1 amide bonds. The van der Waals surface area contributed by atoms with Crippen LogP contribution in [-0.2, 0) is 4.79 Å². The van der Waals surface area contributed by atoms with Crippen molar-refractivity contribution in [2.24, 2.45) is 5.92 Å². The number of carbonyl (C=O) groups excluding carboxylic acids is 1. The van der Waals surface area contributed by atoms with E-state index in [1.54, 1.807) is 18.2 Å². The molecular formula is C20H29NO5. The summed E-state index contributed by atoms with van der Waals surface area (Å²) in [5.74, 6) is 0.176. The first-order valence-electron chi connectivity index (χ1n) is 9.40. The summed E-state index contributed by atoms with van der Waals surface area (Å²) in [6.45, 7) is 6.92. The number of carboxylic acid groups (broad SMARTS) is 1. The Balaban J connectivity index is 2.24. The minimum absolute atomic E-state index is 0.000683. The van der Waals surface area contributed by atoms with E-state index < -0.39 is 12.6 Å². The Bertz CT molecular complexity index is 631. The van der Waals surface area contributed by atoms with Crippen LogP contribution in [0.5, 0.6) is 11.5 Å². The Morgan fingerprint density at radius 1 is 1.23 bits per heavy atom. The summed E-state index contributed by atoms with van der Waals surface area (Å²) in [4.78, 5) is 25.8. The fourth-order valence-electron chi connectivity index (χ4n) is 3.57. The predicted octanol–water partition coefficient (Wildman–Crippen LogP) is 3.59. The highest BCUT2D eigenvalue weighted by Gasteiger charge is 2.32. The number of benzene rings is 1. The fourth-order valence-corrected chi connectivity index (χ4v) is 3.57. The van der Waals surface area contributed by atoms with Gasteiger partial charge in [-0.15, -0.1) is 0 Å². The predicted molar refractivity (Wildman–Crippen MR) is 98.9 cm³/mol. The lowest BCUT2D eigenvalue weighted by molar-refractivity contribution is -0.139. The number of piperidine rings is 1. The second-order valence-electron chi connectivity index (χ2n) is 6.75. The van der Waals surface area contributed by atoms with Crippen LogP contribution in [0, 0.1) is 5.92 Å². The van der Waals surface area contributed by atoms with Crippen molar-refractivity contribution < 1.29 is 24.2 Å². The van der Waals surface area contributed by atoms with Crippen molar-refractivity contribution in [2.75, 3.05) is 19.8 Å². The lowest BCUT2D eigenvalue weighted by Gasteiger charge is -2.40. The number of ether oxygens (including phenoxy) is 2. The second kappa shape index (κ2) is 9.46. The van der Waals surface area contributed by atoms with Crippen molar-refractivity contribution in [3.63, 3.8) is 0 Å². The Hall–Kier alpha value is -2.24. The van der Waals surface area contributed by atoms with Gasteiger partial charge in [0.25, 0.3) is 5.91 Å². The third-order valence-electron chi connectivity index (χ3n) is 4.80. The second-order valence-corrected chi connectivity index (χ2v) is 6.75. The van der Waals surface area contributed by atoms with Gasteiger partial charge in [0.1, 0.15) is 0 Å². The van der Waals surface area contributed by atoms with Gasteiger partial charge in [-0.1, -0.05) is 20.3 Å². The zero-order chi connectivity index (χ0) is 19.1. The van der Waals surface area contributed by atoms with Gasteiger partial charge >= 0.3 is 5.97 Å². The van der Waals surface area contributed by atoms with E-state index >= 15 is 0 Å². The van der Waals surface area contributed by atoms with Crippen molar-refractivity contribution >= 4 is 11.9 Å². The van der Waals surface area contributed by atoms with Gasteiger partial charge < -0.3 is 19.5 Å². The number of aliphatic carboxylic acids is 1. The van der Waals surface area contributed by atoms with Crippen LogP contribution in [0.4, 0.5) is 0 Å². The van der Waals surface area contributed by atoms with Crippen LogP contribution >= 0.6 is 0 Å². The van der Waals surface area contributed by atoms with Crippen molar-refractivity contribution in [3.8, 4) is 11.5 Å². The van der Waals surface area contributed by atoms with Gasteiger partial charge in [-0.3, -0.25) is 4.79 Å². The molecule has 6 nitrogen and oxygen atoms in total. The number of likely N-dealkylation sites (tertiary alicyclic amines) is 1. The number of hydrogen-bond donors (Lipinski definition) is 1. The third-order valence-corrected chi connectivity index (χ3v) is 4.80. The minimum atomic E-state index is -1.06. The molecule has 0 spiro atoms. The number of nitrogens with zero attached hydrogens (tertiary/aromatic N) is 1. The first-order valence-corrected chi connectivity index (χ1v) is 9.40. The van der Waals surface area contributed by atoms with E-state index in [9.17, 15) is 9.59 Å². The molecule has 1 aliphatic rings. The molecule has 26 heavy (non-hydrogen) atoms. The zero-order valence-corrected chi connectivity index (χ0v) is 15.9. The molecule has 2 rings (SSSR count). The summed E-state index contributed by atoms with van der Waals surface area (Å²) in [5.41, 5.74) is 0.548. The molecule has 1 N–H and O–H groups in total. The van der Waals surface area contributed by atoms with Gasteiger partial charge in [-0.2, -0.15) is 0 Å². The van der Waals surface area contributed by atoms with Crippen molar-refractivity contribution in [1.82, 2.24) is 4.90 Å². The Labute approximate surface area is 155 Å². The van der Waals surface area contributed by atoms with E-state index in [4.69, 9.17) is 14.6 Å². The number of amides is 1. The maximum Gasteiger partial charge on any atom is 0.341 e. The molecule has 1 fully saturated rings. The molecule has 6 heteroatoms. The summed E-state index contributed by atoms with van der Waals surface area (Å²) in [6, 6.07) is 5.22. The highest BCUT2D eigenvalue weighted by molar-refractivity contribution is 5.95. The summed E-state index contributed by atoms with van der Waals surface area (Å²) < 4.78 is 10.8. The van der Waals surface area contributed by atoms with Crippen LogP contribution in [0.2, 0.25) is 0 Å². The van der Waals surface area contributed by atoms with Gasteiger partial charge in [-0.05, 0) is 50.3 Å². The topological polar surface area (TPSA) is 76.1 Å². The molecule has 0 saturated carbocycles. The zero-order valence-electron chi connectivity index (χ0n) is 15.9. The molecule has 1 aromatic carbocycles. The Morgan fingerprint density at radius 2 is 2.00 bits per heavy atom. The van der Waals surface area contributed by atoms with Crippen molar-refractivity contribution in [1.29, 1.82) is 0 Å². The molecular weight excluding hydrogens is 334 g/mol. The molecule has 2 atom stereocenters. The molecule has 0 aromatic heterocycles. The number of carboxylic acids is 1. The van der Waals surface area contributed by atoms with Gasteiger partial charge in [0.2, 0.25) is 0 Å². The van der Waals surface area contributed by atoms with E-state index in [2.05, 4.69) is 13.8 Å². The van der Waals surface area contributed by atoms with Crippen LogP contribution in [-0.4, -0.2) is 47.7 Å². The van der Waals surface area contributed by atoms with Crippen LogP contribution < -0.4 is 9.47 Å². The molecule has 1 aliphatic heterocycles. The molecule has 2 unspecified atom stereocenters. The van der Waals surface area contributed by atoms with E-state index in [-0.39, 0.29) is 11.9 Å². The number of hydrogen-bond acceptors (Lipinski definition) is 4. The monoisotopic (exact) mass is 363 g/mol. The molecule has 0 radical (unpaired) electrons. The summed E-state index contributed by atoms with van der Waals surface area (Å²) >= 11 is 0. The Morgan fingerprint density at radius 3 is 2.65 bits per heavy atom. The minimum Gasteiger partial charge on any atom is -0.490 e. The maximum absolute atomic E-state index is 13.1. The maximum atomic E-state index is 13.1. The highest BCUT2D eigenvalue weighted by Crippen LogP contribution is 2.32. The van der Waals surface area contributed by atoms with E-state index in [0.717, 1.165) is 32.2 Å². The lowest BCUT2D eigenvalue weighted by Crippen LogP contribution is -2.47. The van der Waals surface area contributed by atoms with Gasteiger partial charge in [0, 0.05) is 18.2 Å². The van der Waals surface area contributed by atoms with Crippen molar-refractivity contribution in [2.45, 2.75) is 52.5 Å². The first kappa shape index (κ1) is 20.1. The van der Waals surface area contributed by atoms with Crippen LogP contribution in [0.3, 0.4) is 0 Å². The average molecular weight is 363 g/mol. The third kappa shape index (κ3) is 4.90. The molecule has 1 aromatic rings. The van der Waals surface area contributed by atoms with Gasteiger partial charge in [0.05, 0.1) is 6.61 Å². The first-order chi connectivity index (χ1) is 12.5. The number of carbonyl (C=O) groups is 2. The van der Waals surface area contributed by atoms with E-state index in [1.165, 1.54) is 0 Å². The van der Waals surface area contributed by atoms with E-state index in [0.29, 0.717) is 29.6 Å². The quantitative estimate of drug-likeness (QED) is 0.764. The van der Waals surface area contributed by atoms with Gasteiger partial charge in [-0.25, -0.2) is 4.79 Å². The largest absolute Gasteiger partial charge is 0.490 e.